The highest BCUT2D eigenvalue weighted by molar-refractivity contribution is 6.20. The molecule has 2 amide bonds. The second-order valence-electron chi connectivity index (χ2n) is 3.88. The summed E-state index contributed by atoms with van der Waals surface area (Å²) in [6, 6.07) is 14.7. The van der Waals surface area contributed by atoms with Gasteiger partial charge < -0.3 is 0 Å². The molecule has 0 aromatic heterocycles. The van der Waals surface area contributed by atoms with E-state index in [0.29, 0.717) is 11.1 Å². The number of fused-ring (bicyclic) bond motifs is 2. The lowest BCUT2D eigenvalue weighted by Crippen LogP contribution is -2.35. The van der Waals surface area contributed by atoms with Gasteiger partial charge in [-0.2, -0.15) is 0 Å². The van der Waals surface area contributed by atoms with Crippen LogP contribution in [0.2, 0.25) is 0 Å². The number of hydrogen-bond donors (Lipinski definition) is 1. The zero-order valence-corrected chi connectivity index (χ0v) is 8.94. The lowest BCUT2D eigenvalue weighted by atomic mass is 9.91. The molecule has 0 radical (unpaired) electrons. The second-order valence-corrected chi connectivity index (χ2v) is 3.88. The number of hydrogen-bond acceptors (Lipinski definition) is 2. The topological polar surface area (TPSA) is 46.2 Å². The van der Waals surface area contributed by atoms with Gasteiger partial charge in [-0.3, -0.25) is 14.9 Å². The van der Waals surface area contributed by atoms with Crippen LogP contribution in [0.5, 0.6) is 0 Å². The Kier molecular flexibility index (Phi) is 2.05. The number of rotatable bonds is 1. The van der Waals surface area contributed by atoms with E-state index < -0.39 is 0 Å². The average molecular weight is 223 g/mol. The molecule has 1 heterocycles. The van der Waals surface area contributed by atoms with Crippen molar-refractivity contribution >= 4 is 11.8 Å². The molecule has 2 bridgehead atoms. The Balaban J connectivity index is 2.33. The first-order valence-electron chi connectivity index (χ1n) is 5.31. The van der Waals surface area contributed by atoms with E-state index in [-0.39, 0.29) is 11.8 Å². The zero-order chi connectivity index (χ0) is 11.8. The molecule has 3 heteroatoms. The van der Waals surface area contributed by atoms with Crippen LogP contribution in [0.3, 0.4) is 0 Å². The van der Waals surface area contributed by atoms with Gasteiger partial charge in [-0.25, -0.2) is 0 Å². The first kappa shape index (κ1) is 9.78. The minimum atomic E-state index is -0.332. The molecule has 2 aromatic carbocycles. The molecule has 0 saturated heterocycles. The number of nitrogens with one attached hydrogen (secondary N) is 1. The smallest absolute Gasteiger partial charge is 0.258 e. The number of amides is 2. The summed E-state index contributed by atoms with van der Waals surface area (Å²) in [4.78, 5) is 23.5. The number of carbonyl (C=O) groups is 2. The van der Waals surface area contributed by atoms with Gasteiger partial charge in [0.15, 0.2) is 0 Å². The van der Waals surface area contributed by atoms with Crippen LogP contribution in [0, 0.1) is 0 Å². The van der Waals surface area contributed by atoms with E-state index in [0.717, 1.165) is 11.1 Å². The maximum Gasteiger partial charge on any atom is 0.258 e. The summed E-state index contributed by atoms with van der Waals surface area (Å²) in [5.41, 5.74) is 2.71. The summed E-state index contributed by atoms with van der Waals surface area (Å²) in [5.74, 6) is -0.663. The molecule has 82 valence electrons. The number of benzene rings is 2. The van der Waals surface area contributed by atoms with Crippen molar-refractivity contribution in [3.8, 4) is 11.1 Å². The normalized spacial score (nSPS) is 13.4. The average Bonchev–Trinajstić information content (AvgIpc) is 2.37. The van der Waals surface area contributed by atoms with Crippen LogP contribution in [-0.4, -0.2) is 11.8 Å². The molecule has 17 heavy (non-hydrogen) atoms. The van der Waals surface area contributed by atoms with Gasteiger partial charge >= 0.3 is 0 Å². The third kappa shape index (κ3) is 1.44. The molecule has 0 spiro atoms. The van der Waals surface area contributed by atoms with Crippen LogP contribution in [-0.2, 0) is 0 Å². The van der Waals surface area contributed by atoms with Crippen molar-refractivity contribution in [1.29, 1.82) is 0 Å². The zero-order valence-electron chi connectivity index (χ0n) is 8.94. The maximum atomic E-state index is 11.7. The van der Waals surface area contributed by atoms with Crippen molar-refractivity contribution < 1.29 is 9.59 Å². The van der Waals surface area contributed by atoms with Gasteiger partial charge in [-0.15, -0.1) is 0 Å². The SMILES string of the molecule is O=C1NC(=O)c2cccc1c2-c1ccccc1. The molecule has 0 atom stereocenters. The van der Waals surface area contributed by atoms with Crippen molar-refractivity contribution in [2.45, 2.75) is 0 Å². The van der Waals surface area contributed by atoms with Crippen molar-refractivity contribution in [3.63, 3.8) is 0 Å². The van der Waals surface area contributed by atoms with Crippen molar-refractivity contribution in [3.05, 3.63) is 59.7 Å². The maximum absolute atomic E-state index is 11.7. The van der Waals surface area contributed by atoms with E-state index in [1.165, 1.54) is 0 Å². The van der Waals surface area contributed by atoms with Crippen LogP contribution in [0.1, 0.15) is 20.7 Å². The third-order valence-corrected chi connectivity index (χ3v) is 2.84. The highest BCUT2D eigenvalue weighted by atomic mass is 16.2. The lowest BCUT2D eigenvalue weighted by molar-refractivity contribution is 0.0842. The van der Waals surface area contributed by atoms with E-state index in [1.807, 2.05) is 30.3 Å². The number of imide groups is 1. The minimum absolute atomic E-state index is 0.332. The summed E-state index contributed by atoms with van der Waals surface area (Å²) in [6.45, 7) is 0. The molecule has 2 aromatic rings. The summed E-state index contributed by atoms with van der Waals surface area (Å²) in [5, 5.41) is 2.33. The molecule has 1 aliphatic heterocycles. The van der Waals surface area contributed by atoms with E-state index in [2.05, 4.69) is 5.32 Å². The highest BCUT2D eigenvalue weighted by Gasteiger charge is 2.26. The highest BCUT2D eigenvalue weighted by Crippen LogP contribution is 2.30. The predicted molar refractivity (Wildman–Crippen MR) is 63.7 cm³/mol. The van der Waals surface area contributed by atoms with Crippen LogP contribution < -0.4 is 5.32 Å². The molecular weight excluding hydrogens is 214 g/mol. The molecule has 1 N–H and O–H groups in total. The fourth-order valence-corrected chi connectivity index (χ4v) is 2.08. The molecule has 0 saturated carbocycles. The Morgan fingerprint density at radius 1 is 0.706 bits per heavy atom. The largest absolute Gasteiger partial charge is 0.288 e. The van der Waals surface area contributed by atoms with Gasteiger partial charge in [0.2, 0.25) is 0 Å². The van der Waals surface area contributed by atoms with Crippen LogP contribution in [0.4, 0.5) is 0 Å². The van der Waals surface area contributed by atoms with Gasteiger partial charge in [0.1, 0.15) is 0 Å². The molecular formula is C14H9NO2. The Labute approximate surface area is 98.1 Å². The van der Waals surface area contributed by atoms with Crippen molar-refractivity contribution in [1.82, 2.24) is 5.32 Å². The van der Waals surface area contributed by atoms with Crippen molar-refractivity contribution in [2.75, 3.05) is 0 Å². The summed E-state index contributed by atoms with van der Waals surface area (Å²) in [7, 11) is 0. The van der Waals surface area contributed by atoms with Crippen LogP contribution in [0.15, 0.2) is 48.5 Å². The summed E-state index contributed by atoms with van der Waals surface area (Å²) in [6.07, 6.45) is 0. The minimum Gasteiger partial charge on any atom is -0.288 e. The van der Waals surface area contributed by atoms with Gasteiger partial charge in [0, 0.05) is 16.7 Å². The molecule has 3 rings (SSSR count). The van der Waals surface area contributed by atoms with E-state index >= 15 is 0 Å². The molecule has 0 unspecified atom stereocenters. The van der Waals surface area contributed by atoms with Gasteiger partial charge in [0.05, 0.1) is 0 Å². The second kappa shape index (κ2) is 3.56. The number of carbonyl (C=O) groups excluding carboxylic acids is 2. The Morgan fingerprint density at radius 3 is 1.88 bits per heavy atom. The molecule has 1 aliphatic rings. The summed E-state index contributed by atoms with van der Waals surface area (Å²) >= 11 is 0. The molecule has 0 fully saturated rings. The monoisotopic (exact) mass is 223 g/mol. The third-order valence-electron chi connectivity index (χ3n) is 2.84. The van der Waals surface area contributed by atoms with E-state index in [1.54, 1.807) is 18.2 Å². The van der Waals surface area contributed by atoms with Crippen LogP contribution in [0.25, 0.3) is 11.1 Å². The van der Waals surface area contributed by atoms with E-state index in [9.17, 15) is 9.59 Å². The first-order chi connectivity index (χ1) is 8.27. The lowest BCUT2D eigenvalue weighted by Gasteiger charge is -2.18. The van der Waals surface area contributed by atoms with Gasteiger partial charge in [0.25, 0.3) is 11.8 Å². The fraction of sp³-hybridized carbons (Fsp3) is 0. The Hall–Kier alpha value is -2.42. The predicted octanol–water partition coefficient (Wildman–Crippen LogP) is 2.24. The fourth-order valence-electron chi connectivity index (χ4n) is 2.08. The van der Waals surface area contributed by atoms with Crippen molar-refractivity contribution in [2.24, 2.45) is 0 Å². The first-order valence-corrected chi connectivity index (χ1v) is 5.31. The van der Waals surface area contributed by atoms with Gasteiger partial charge in [-0.05, 0) is 17.7 Å². The van der Waals surface area contributed by atoms with E-state index in [4.69, 9.17) is 0 Å². The Morgan fingerprint density at radius 2 is 1.29 bits per heavy atom. The molecule has 3 nitrogen and oxygen atoms in total. The van der Waals surface area contributed by atoms with Gasteiger partial charge in [-0.1, -0.05) is 36.4 Å². The Bertz CT molecular complexity index is 585. The standard InChI is InChI=1S/C14H9NO2/c16-13-10-7-4-8-11(14(17)15-13)12(10)9-5-2-1-3-6-9/h1-8H,(H,15,16,17). The quantitative estimate of drug-likeness (QED) is 0.753. The van der Waals surface area contributed by atoms with Crippen LogP contribution >= 0.6 is 0 Å². The molecule has 0 aliphatic carbocycles. The summed E-state index contributed by atoms with van der Waals surface area (Å²) < 4.78 is 0.